The third-order valence-electron chi connectivity index (χ3n) is 4.68. The standard InChI is InChI=1S/C13H23N3S/c14-12(16-6-8-17-9-7-16)15-10-13(4-1-5-13)11-2-3-11/h11H,1-10H2,(H2,14,15). The highest BCUT2D eigenvalue weighted by molar-refractivity contribution is 7.99. The van der Waals surface area contributed by atoms with Gasteiger partial charge in [0.2, 0.25) is 0 Å². The Bertz CT molecular complexity index is 302. The summed E-state index contributed by atoms with van der Waals surface area (Å²) in [7, 11) is 0. The smallest absolute Gasteiger partial charge is 0.191 e. The van der Waals surface area contributed by atoms with Gasteiger partial charge in [-0.25, -0.2) is 0 Å². The molecular weight excluding hydrogens is 230 g/mol. The lowest BCUT2D eigenvalue weighted by Crippen LogP contribution is -2.44. The van der Waals surface area contributed by atoms with E-state index in [1.54, 1.807) is 0 Å². The predicted molar refractivity (Wildman–Crippen MR) is 74.4 cm³/mol. The van der Waals surface area contributed by atoms with Gasteiger partial charge in [-0.15, -0.1) is 0 Å². The molecule has 1 aliphatic heterocycles. The molecule has 0 bridgehead atoms. The van der Waals surface area contributed by atoms with Gasteiger partial charge in [0.25, 0.3) is 0 Å². The molecule has 0 atom stereocenters. The predicted octanol–water partition coefficient (Wildman–Crippen LogP) is 1.93. The van der Waals surface area contributed by atoms with Gasteiger partial charge in [-0.3, -0.25) is 4.99 Å². The summed E-state index contributed by atoms with van der Waals surface area (Å²) in [5, 5.41) is 0. The first kappa shape index (κ1) is 11.7. The van der Waals surface area contributed by atoms with E-state index in [9.17, 15) is 0 Å². The topological polar surface area (TPSA) is 41.6 Å². The first-order chi connectivity index (χ1) is 8.30. The van der Waals surface area contributed by atoms with Gasteiger partial charge in [0, 0.05) is 31.1 Å². The van der Waals surface area contributed by atoms with Crippen LogP contribution in [0.15, 0.2) is 4.99 Å². The van der Waals surface area contributed by atoms with Crippen LogP contribution in [0.25, 0.3) is 0 Å². The molecule has 4 heteroatoms. The van der Waals surface area contributed by atoms with Crippen molar-refractivity contribution in [3.8, 4) is 0 Å². The zero-order chi connectivity index (χ0) is 11.7. The Morgan fingerprint density at radius 1 is 1.29 bits per heavy atom. The van der Waals surface area contributed by atoms with Crippen molar-refractivity contribution in [3.05, 3.63) is 0 Å². The van der Waals surface area contributed by atoms with Crippen LogP contribution in [-0.2, 0) is 0 Å². The van der Waals surface area contributed by atoms with Gasteiger partial charge in [0.05, 0.1) is 0 Å². The fraction of sp³-hybridized carbons (Fsp3) is 0.923. The summed E-state index contributed by atoms with van der Waals surface area (Å²) in [6, 6.07) is 0. The Morgan fingerprint density at radius 2 is 2.00 bits per heavy atom. The molecule has 2 N–H and O–H groups in total. The molecule has 3 rings (SSSR count). The highest BCUT2D eigenvalue weighted by Gasteiger charge is 2.48. The highest BCUT2D eigenvalue weighted by atomic mass is 32.2. The molecule has 1 saturated heterocycles. The second-order valence-corrected chi connectivity index (χ2v) is 6.99. The maximum Gasteiger partial charge on any atom is 0.191 e. The SMILES string of the molecule is NC(=NCC1(C2CC2)CCC1)N1CCSCC1. The number of hydrogen-bond donors (Lipinski definition) is 1. The summed E-state index contributed by atoms with van der Waals surface area (Å²) >= 11 is 2.02. The lowest BCUT2D eigenvalue weighted by atomic mass is 9.65. The van der Waals surface area contributed by atoms with Gasteiger partial charge in [-0.2, -0.15) is 11.8 Å². The molecule has 2 saturated carbocycles. The Labute approximate surface area is 108 Å². The van der Waals surface area contributed by atoms with E-state index in [-0.39, 0.29) is 0 Å². The molecule has 0 aromatic carbocycles. The normalized spacial score (nSPS) is 28.9. The monoisotopic (exact) mass is 253 g/mol. The molecule has 96 valence electrons. The molecule has 3 aliphatic rings. The zero-order valence-electron chi connectivity index (χ0n) is 10.5. The van der Waals surface area contributed by atoms with Crippen LogP contribution in [-0.4, -0.2) is 42.0 Å². The molecule has 2 aliphatic carbocycles. The lowest BCUT2D eigenvalue weighted by molar-refractivity contribution is 0.113. The van der Waals surface area contributed by atoms with Crippen molar-refractivity contribution in [2.24, 2.45) is 22.1 Å². The molecule has 0 unspecified atom stereocenters. The van der Waals surface area contributed by atoms with E-state index >= 15 is 0 Å². The average Bonchev–Trinajstić information content (AvgIpc) is 3.13. The van der Waals surface area contributed by atoms with E-state index in [1.807, 2.05) is 11.8 Å². The van der Waals surface area contributed by atoms with E-state index < -0.39 is 0 Å². The van der Waals surface area contributed by atoms with Crippen LogP contribution < -0.4 is 5.73 Å². The summed E-state index contributed by atoms with van der Waals surface area (Å²) in [6.45, 7) is 3.15. The minimum Gasteiger partial charge on any atom is -0.370 e. The average molecular weight is 253 g/mol. The molecule has 3 nitrogen and oxygen atoms in total. The molecule has 0 spiro atoms. The Kier molecular flexibility index (Phi) is 3.24. The van der Waals surface area contributed by atoms with Crippen LogP contribution in [0.2, 0.25) is 0 Å². The summed E-state index contributed by atoms with van der Waals surface area (Å²) in [5.74, 6) is 4.18. The molecule has 1 heterocycles. The Hall–Kier alpha value is -0.380. The van der Waals surface area contributed by atoms with E-state index in [0.717, 1.165) is 31.5 Å². The molecule has 3 fully saturated rings. The second-order valence-electron chi connectivity index (χ2n) is 5.76. The van der Waals surface area contributed by atoms with Crippen molar-refractivity contribution in [2.45, 2.75) is 32.1 Å². The zero-order valence-corrected chi connectivity index (χ0v) is 11.3. The lowest BCUT2D eigenvalue weighted by Gasteiger charge is -2.41. The third kappa shape index (κ3) is 2.42. The fourth-order valence-corrected chi connectivity index (χ4v) is 4.06. The van der Waals surface area contributed by atoms with Crippen LogP contribution in [0.5, 0.6) is 0 Å². The number of nitrogens with two attached hydrogens (primary N) is 1. The third-order valence-corrected chi connectivity index (χ3v) is 5.63. The number of aliphatic imine (C=N–C) groups is 1. The van der Waals surface area contributed by atoms with E-state index in [4.69, 9.17) is 10.7 Å². The highest BCUT2D eigenvalue weighted by Crippen LogP contribution is 2.57. The molecule has 0 aromatic heterocycles. The van der Waals surface area contributed by atoms with Gasteiger partial charge in [0.1, 0.15) is 0 Å². The van der Waals surface area contributed by atoms with E-state index in [0.29, 0.717) is 5.41 Å². The van der Waals surface area contributed by atoms with Crippen molar-refractivity contribution in [1.82, 2.24) is 4.90 Å². The van der Waals surface area contributed by atoms with Crippen molar-refractivity contribution >= 4 is 17.7 Å². The Balaban J connectivity index is 1.57. The fourth-order valence-electron chi connectivity index (χ4n) is 3.15. The van der Waals surface area contributed by atoms with Crippen LogP contribution in [0.3, 0.4) is 0 Å². The van der Waals surface area contributed by atoms with E-state index in [2.05, 4.69) is 4.90 Å². The quantitative estimate of drug-likeness (QED) is 0.617. The number of rotatable bonds is 3. The van der Waals surface area contributed by atoms with Gasteiger partial charge in [-0.05, 0) is 37.0 Å². The summed E-state index contributed by atoms with van der Waals surface area (Å²) in [4.78, 5) is 6.97. The van der Waals surface area contributed by atoms with Crippen molar-refractivity contribution in [1.29, 1.82) is 0 Å². The molecule has 0 aromatic rings. The van der Waals surface area contributed by atoms with Crippen molar-refractivity contribution in [3.63, 3.8) is 0 Å². The number of guanidine groups is 1. The molecule has 0 radical (unpaired) electrons. The maximum absolute atomic E-state index is 6.12. The van der Waals surface area contributed by atoms with Crippen LogP contribution >= 0.6 is 11.8 Å². The van der Waals surface area contributed by atoms with Crippen LogP contribution in [0.1, 0.15) is 32.1 Å². The number of thioether (sulfide) groups is 1. The van der Waals surface area contributed by atoms with Gasteiger partial charge >= 0.3 is 0 Å². The van der Waals surface area contributed by atoms with E-state index in [1.165, 1.54) is 43.6 Å². The largest absolute Gasteiger partial charge is 0.370 e. The summed E-state index contributed by atoms with van der Waals surface area (Å²) in [6.07, 6.45) is 7.08. The second kappa shape index (κ2) is 4.71. The maximum atomic E-state index is 6.12. The number of hydrogen-bond acceptors (Lipinski definition) is 2. The van der Waals surface area contributed by atoms with Crippen LogP contribution in [0, 0.1) is 11.3 Å². The minimum atomic E-state index is 0.565. The molecule has 0 amide bonds. The first-order valence-corrected chi connectivity index (χ1v) is 8.08. The molecule has 17 heavy (non-hydrogen) atoms. The van der Waals surface area contributed by atoms with Gasteiger partial charge in [0.15, 0.2) is 5.96 Å². The molecular formula is C13H23N3S. The van der Waals surface area contributed by atoms with Crippen molar-refractivity contribution in [2.75, 3.05) is 31.1 Å². The summed E-state index contributed by atoms with van der Waals surface area (Å²) < 4.78 is 0. The van der Waals surface area contributed by atoms with Gasteiger partial charge in [-0.1, -0.05) is 6.42 Å². The Morgan fingerprint density at radius 3 is 2.53 bits per heavy atom. The number of nitrogens with zero attached hydrogens (tertiary/aromatic N) is 2. The summed E-state index contributed by atoms with van der Waals surface area (Å²) in [5.41, 5.74) is 6.69. The van der Waals surface area contributed by atoms with Crippen molar-refractivity contribution < 1.29 is 0 Å². The first-order valence-electron chi connectivity index (χ1n) is 6.93. The van der Waals surface area contributed by atoms with Crippen LogP contribution in [0.4, 0.5) is 0 Å². The minimum absolute atomic E-state index is 0.565. The van der Waals surface area contributed by atoms with Gasteiger partial charge < -0.3 is 10.6 Å².